The van der Waals surface area contributed by atoms with Gasteiger partial charge >= 0.3 is 5.97 Å². The summed E-state index contributed by atoms with van der Waals surface area (Å²) in [7, 11) is 0. The molecule has 0 radical (unpaired) electrons. The first-order valence-electron chi connectivity index (χ1n) is 9.60. The second kappa shape index (κ2) is 8.24. The maximum absolute atomic E-state index is 13.5. The predicted molar refractivity (Wildman–Crippen MR) is 91.0 cm³/mol. The third kappa shape index (κ3) is 4.56. The van der Waals surface area contributed by atoms with Gasteiger partial charge in [0.2, 0.25) is 5.95 Å². The molecular weight excluding hydrogens is 324 g/mol. The Hall–Kier alpha value is -1.52. The summed E-state index contributed by atoms with van der Waals surface area (Å²) in [6, 6.07) is 2.11. The number of ether oxygens (including phenoxy) is 1. The molecule has 138 valence electrons. The van der Waals surface area contributed by atoms with E-state index in [4.69, 9.17) is 4.74 Å². The highest BCUT2D eigenvalue weighted by molar-refractivity contribution is 5.75. The minimum atomic E-state index is -1.07. The molecule has 2 saturated carbocycles. The molecule has 3 nitrogen and oxygen atoms in total. The van der Waals surface area contributed by atoms with Crippen LogP contribution in [0.2, 0.25) is 0 Å². The Morgan fingerprint density at radius 3 is 2.20 bits per heavy atom. The fourth-order valence-electron chi connectivity index (χ4n) is 4.56. The van der Waals surface area contributed by atoms with Gasteiger partial charge < -0.3 is 4.74 Å². The van der Waals surface area contributed by atoms with Crippen molar-refractivity contribution in [3.63, 3.8) is 0 Å². The van der Waals surface area contributed by atoms with Crippen molar-refractivity contribution in [1.82, 2.24) is 4.98 Å². The Balaban J connectivity index is 1.48. The van der Waals surface area contributed by atoms with E-state index in [-0.39, 0.29) is 11.7 Å². The van der Waals surface area contributed by atoms with Crippen molar-refractivity contribution in [2.75, 3.05) is 0 Å². The molecule has 0 N–H and O–H groups in total. The zero-order valence-electron chi connectivity index (χ0n) is 14.8. The van der Waals surface area contributed by atoms with Crippen LogP contribution < -0.4 is 4.74 Å². The van der Waals surface area contributed by atoms with Crippen molar-refractivity contribution >= 4 is 5.97 Å². The molecule has 0 amide bonds. The van der Waals surface area contributed by atoms with E-state index >= 15 is 0 Å². The summed E-state index contributed by atoms with van der Waals surface area (Å²) in [4.78, 5) is 15.3. The topological polar surface area (TPSA) is 39.2 Å². The van der Waals surface area contributed by atoms with E-state index in [0.717, 1.165) is 49.7 Å². The first kappa shape index (κ1) is 18.3. The molecule has 2 fully saturated rings. The van der Waals surface area contributed by atoms with Crippen LogP contribution in [-0.4, -0.2) is 11.0 Å². The van der Waals surface area contributed by atoms with Crippen molar-refractivity contribution in [3.05, 3.63) is 24.0 Å². The molecule has 0 spiro atoms. The summed E-state index contributed by atoms with van der Waals surface area (Å²) in [5.41, 5.74) is 0. The molecule has 25 heavy (non-hydrogen) atoms. The molecule has 2 aliphatic rings. The molecule has 0 aromatic carbocycles. The molecular formula is C20H27F2NO2. The third-order valence-corrected chi connectivity index (χ3v) is 6.23. The fraction of sp³-hybridized carbons (Fsp3) is 0.700. The number of aromatic nitrogens is 1. The van der Waals surface area contributed by atoms with Gasteiger partial charge in [0.1, 0.15) is 0 Å². The Morgan fingerprint density at radius 2 is 1.64 bits per heavy atom. The summed E-state index contributed by atoms with van der Waals surface area (Å²) >= 11 is 0. The maximum Gasteiger partial charge on any atom is 0.314 e. The van der Waals surface area contributed by atoms with Gasteiger partial charge in [0.15, 0.2) is 5.75 Å². The molecule has 0 unspecified atom stereocenters. The summed E-state index contributed by atoms with van der Waals surface area (Å²) < 4.78 is 31.4. The van der Waals surface area contributed by atoms with E-state index in [1.807, 2.05) is 0 Å². The van der Waals surface area contributed by atoms with Crippen LogP contribution in [0.3, 0.4) is 0 Å². The minimum Gasteiger partial charge on any atom is -0.421 e. The summed E-state index contributed by atoms with van der Waals surface area (Å²) in [5.74, 6) is -0.462. The third-order valence-electron chi connectivity index (χ3n) is 6.23. The van der Waals surface area contributed by atoms with Crippen LogP contribution in [0.5, 0.6) is 5.75 Å². The predicted octanol–water partition coefficient (Wildman–Crippen LogP) is 5.29. The second-order valence-corrected chi connectivity index (χ2v) is 7.64. The van der Waals surface area contributed by atoms with Crippen LogP contribution in [0.4, 0.5) is 8.78 Å². The van der Waals surface area contributed by atoms with Gasteiger partial charge in [-0.1, -0.05) is 26.2 Å². The van der Waals surface area contributed by atoms with Crippen LogP contribution in [0.15, 0.2) is 12.1 Å². The highest BCUT2D eigenvalue weighted by Crippen LogP contribution is 2.42. The van der Waals surface area contributed by atoms with Crippen molar-refractivity contribution < 1.29 is 18.3 Å². The van der Waals surface area contributed by atoms with Crippen LogP contribution in [0, 0.1) is 35.6 Å². The van der Waals surface area contributed by atoms with E-state index in [0.29, 0.717) is 5.92 Å². The molecule has 0 atom stereocenters. The molecule has 3 rings (SSSR count). The number of pyridine rings is 1. The number of carbonyl (C=O) groups is 1. The second-order valence-electron chi connectivity index (χ2n) is 7.64. The molecule has 1 heterocycles. The highest BCUT2D eigenvalue weighted by Gasteiger charge is 2.33. The largest absolute Gasteiger partial charge is 0.421 e. The monoisotopic (exact) mass is 351 g/mol. The number of hydrogen-bond acceptors (Lipinski definition) is 3. The van der Waals surface area contributed by atoms with Crippen LogP contribution >= 0.6 is 0 Å². The van der Waals surface area contributed by atoms with Crippen molar-refractivity contribution in [3.8, 4) is 5.75 Å². The van der Waals surface area contributed by atoms with E-state index in [1.54, 1.807) is 0 Å². The average molecular weight is 351 g/mol. The van der Waals surface area contributed by atoms with Crippen molar-refractivity contribution in [2.24, 2.45) is 23.7 Å². The summed E-state index contributed by atoms with van der Waals surface area (Å²) in [5, 5.41) is 0. The van der Waals surface area contributed by atoms with Gasteiger partial charge in [-0.3, -0.25) is 4.79 Å². The molecule has 1 aromatic rings. The van der Waals surface area contributed by atoms with Gasteiger partial charge in [0, 0.05) is 0 Å². The SMILES string of the molecule is CC[C@H]1CC[C@H](C2CCC(C(=O)Oc3ccc(F)nc3F)CC2)CC1. The van der Waals surface area contributed by atoms with E-state index in [2.05, 4.69) is 11.9 Å². The van der Waals surface area contributed by atoms with Crippen molar-refractivity contribution in [1.29, 1.82) is 0 Å². The number of nitrogens with zero attached hydrogens (tertiary/aromatic N) is 1. The van der Waals surface area contributed by atoms with Crippen molar-refractivity contribution in [2.45, 2.75) is 64.7 Å². The number of hydrogen-bond donors (Lipinski definition) is 0. The minimum absolute atomic E-state index is 0.187. The Kier molecular flexibility index (Phi) is 6.02. The number of carbonyl (C=O) groups excluding carboxylic acids is 1. The lowest BCUT2D eigenvalue weighted by Crippen LogP contribution is -2.30. The van der Waals surface area contributed by atoms with E-state index in [9.17, 15) is 13.6 Å². The zero-order chi connectivity index (χ0) is 17.8. The first-order valence-corrected chi connectivity index (χ1v) is 9.60. The number of rotatable bonds is 4. The summed E-state index contributed by atoms with van der Waals surface area (Å²) in [6.07, 6.45) is 10.3. The summed E-state index contributed by atoms with van der Waals surface area (Å²) in [6.45, 7) is 2.28. The molecule has 2 aliphatic carbocycles. The van der Waals surface area contributed by atoms with Gasteiger partial charge in [-0.2, -0.15) is 13.8 Å². The Labute approximate surface area is 148 Å². The van der Waals surface area contributed by atoms with Gasteiger partial charge in [-0.25, -0.2) is 0 Å². The van der Waals surface area contributed by atoms with Crippen LogP contribution in [-0.2, 0) is 4.79 Å². The zero-order valence-corrected chi connectivity index (χ0v) is 14.8. The van der Waals surface area contributed by atoms with E-state index < -0.39 is 17.9 Å². The van der Waals surface area contributed by atoms with E-state index in [1.165, 1.54) is 32.1 Å². The number of esters is 1. The van der Waals surface area contributed by atoms with Gasteiger partial charge in [0.05, 0.1) is 5.92 Å². The normalized spacial score (nSPS) is 30.0. The lowest BCUT2D eigenvalue weighted by molar-refractivity contribution is -0.140. The van der Waals surface area contributed by atoms with Gasteiger partial charge in [0.25, 0.3) is 5.95 Å². The maximum atomic E-state index is 13.5. The highest BCUT2D eigenvalue weighted by atomic mass is 19.1. The fourth-order valence-corrected chi connectivity index (χ4v) is 4.56. The molecule has 1 aromatic heterocycles. The van der Waals surface area contributed by atoms with Gasteiger partial charge in [-0.15, -0.1) is 0 Å². The molecule has 0 saturated heterocycles. The average Bonchev–Trinajstić information content (AvgIpc) is 2.64. The Bertz CT molecular complexity index is 591. The van der Waals surface area contributed by atoms with Crippen LogP contribution in [0.1, 0.15) is 64.7 Å². The van der Waals surface area contributed by atoms with Gasteiger partial charge in [-0.05, 0) is 68.4 Å². The standard InChI is InChI=1S/C20H27F2NO2/c1-2-13-3-5-14(6-4-13)15-7-9-16(10-8-15)20(24)25-17-11-12-18(21)23-19(17)22/h11-16H,2-10H2,1H3/t13-,14-,15?,16?. The lowest BCUT2D eigenvalue weighted by atomic mass is 9.69. The molecule has 5 heteroatoms. The molecule has 0 aliphatic heterocycles. The quantitative estimate of drug-likeness (QED) is 0.547. The molecule has 0 bridgehead atoms. The van der Waals surface area contributed by atoms with Crippen LogP contribution in [0.25, 0.3) is 0 Å². The lowest BCUT2D eigenvalue weighted by Gasteiger charge is -2.37. The number of halogens is 2. The first-order chi connectivity index (χ1) is 12.1. The Morgan fingerprint density at radius 1 is 1.04 bits per heavy atom. The smallest absolute Gasteiger partial charge is 0.314 e.